The number of carbonyl (C=O) groups is 1. The Morgan fingerprint density at radius 2 is 1.43 bits per heavy atom. The molecular formula is C38H27Cl3KN7O4S. The van der Waals surface area contributed by atoms with Crippen molar-refractivity contribution in [2.75, 3.05) is 10.2 Å². The number of benzene rings is 5. The zero-order valence-electron chi connectivity index (χ0n) is 28.7. The van der Waals surface area contributed by atoms with E-state index in [0.717, 1.165) is 33.6 Å². The smallest absolute Gasteiger partial charge is 0.744 e. The summed E-state index contributed by atoms with van der Waals surface area (Å²) in [5.41, 5.74) is 3.88. The maximum atomic E-state index is 12.4. The number of rotatable bonds is 11. The van der Waals surface area contributed by atoms with Crippen LogP contribution < -0.4 is 61.6 Å². The van der Waals surface area contributed by atoms with E-state index in [9.17, 15) is 23.0 Å². The summed E-state index contributed by atoms with van der Waals surface area (Å²) in [6, 6.07) is 35.9. The number of nitriles is 1. The molecule has 266 valence electrons. The van der Waals surface area contributed by atoms with Gasteiger partial charge in [-0.05, 0) is 47.5 Å². The number of carbonyl (C=O) groups excluding carboxylic acids is 1. The van der Waals surface area contributed by atoms with Crippen molar-refractivity contribution >= 4 is 73.7 Å². The summed E-state index contributed by atoms with van der Waals surface area (Å²) in [6.45, 7) is 2.51. The Morgan fingerprint density at radius 3 is 1.96 bits per heavy atom. The van der Waals surface area contributed by atoms with Crippen LogP contribution >= 0.6 is 34.8 Å². The summed E-state index contributed by atoms with van der Waals surface area (Å²) in [5, 5.41) is 26.5. The first kappa shape index (κ1) is 41.3. The van der Waals surface area contributed by atoms with Gasteiger partial charge in [-0.25, -0.2) is 13.1 Å². The molecule has 6 rings (SSSR count). The van der Waals surface area contributed by atoms with E-state index in [-0.39, 0.29) is 101 Å². The molecule has 0 spiro atoms. The van der Waals surface area contributed by atoms with E-state index in [1.807, 2.05) is 66.7 Å². The number of nitrogens with one attached hydrogen (secondary N) is 1. The standard InChI is InChI=1S/C38H28Cl3N7O4S.K/c1-24(49)43-35-18-27(47(22-25-10-4-2-5-11-25)23-26-12-6-3-7-13-26)16-17-34(35)44-45-38-30(21-42)36(29-14-8-9-15-31(29)39)46-48(38)37-32(40)19-28(20-33(37)41)53(50,51)52;/h2-20H,22-23H2,1H3,(H,43,49)(H,50,51,52);/q;+1/p-1. The number of hydrogen-bond acceptors (Lipinski definition) is 9. The maximum Gasteiger partial charge on any atom is 1.00 e. The zero-order valence-corrected chi connectivity index (χ0v) is 34.9. The van der Waals surface area contributed by atoms with Crippen molar-refractivity contribution in [1.29, 1.82) is 5.26 Å². The molecule has 1 N–H and O–H groups in total. The third-order valence-corrected chi connectivity index (χ3v) is 9.65. The Bertz CT molecular complexity index is 2450. The molecule has 0 aliphatic rings. The van der Waals surface area contributed by atoms with Gasteiger partial charge >= 0.3 is 51.4 Å². The molecule has 6 aromatic rings. The monoisotopic (exact) mass is 821 g/mol. The minimum absolute atomic E-state index is 0. The van der Waals surface area contributed by atoms with Crippen molar-refractivity contribution in [3.8, 4) is 23.0 Å². The molecule has 0 fully saturated rings. The number of hydrogen-bond donors (Lipinski definition) is 1. The van der Waals surface area contributed by atoms with Gasteiger partial charge in [-0.15, -0.1) is 10.2 Å². The Labute approximate surface area is 369 Å². The first-order valence-corrected chi connectivity index (χ1v) is 18.4. The molecule has 0 aliphatic carbocycles. The molecule has 0 radical (unpaired) electrons. The molecule has 5 aromatic carbocycles. The molecule has 1 amide bonds. The maximum absolute atomic E-state index is 12.4. The fraction of sp³-hybridized carbons (Fsp3) is 0.0789. The minimum atomic E-state index is -4.92. The number of halogens is 3. The molecule has 0 bridgehead atoms. The molecule has 1 aromatic heterocycles. The quantitative estimate of drug-likeness (QED) is 0.0851. The van der Waals surface area contributed by atoms with Crippen molar-refractivity contribution < 1.29 is 69.1 Å². The molecule has 11 nitrogen and oxygen atoms in total. The summed E-state index contributed by atoms with van der Waals surface area (Å²) >= 11 is 19.5. The van der Waals surface area contributed by atoms with Crippen LogP contribution in [0.25, 0.3) is 16.9 Å². The topological polar surface area (TPSA) is 156 Å². The van der Waals surface area contributed by atoms with Crippen LogP contribution in [-0.2, 0) is 28.0 Å². The first-order chi connectivity index (χ1) is 25.4. The number of anilines is 2. The molecule has 0 aliphatic heterocycles. The Balaban J connectivity index is 0.00000561. The average Bonchev–Trinajstić information content (AvgIpc) is 3.48. The van der Waals surface area contributed by atoms with Gasteiger partial charge in [0.25, 0.3) is 0 Å². The van der Waals surface area contributed by atoms with Gasteiger partial charge in [0.2, 0.25) is 5.91 Å². The summed E-state index contributed by atoms with van der Waals surface area (Å²) < 4.78 is 36.5. The van der Waals surface area contributed by atoms with Gasteiger partial charge in [0.15, 0.2) is 5.82 Å². The van der Waals surface area contributed by atoms with Crippen LogP contribution in [0.4, 0.5) is 22.9 Å². The third-order valence-electron chi connectivity index (χ3n) is 7.93. The number of azo groups is 1. The van der Waals surface area contributed by atoms with Crippen molar-refractivity contribution in [3.05, 3.63) is 147 Å². The van der Waals surface area contributed by atoms with Crippen molar-refractivity contribution in [1.82, 2.24) is 9.78 Å². The molecule has 1 heterocycles. The van der Waals surface area contributed by atoms with Crippen LogP contribution in [0.5, 0.6) is 0 Å². The predicted molar refractivity (Wildman–Crippen MR) is 204 cm³/mol. The summed E-state index contributed by atoms with van der Waals surface area (Å²) in [6.07, 6.45) is 0. The van der Waals surface area contributed by atoms with Crippen LogP contribution in [0.2, 0.25) is 15.1 Å². The van der Waals surface area contributed by atoms with E-state index in [1.54, 1.807) is 36.4 Å². The average molecular weight is 823 g/mol. The van der Waals surface area contributed by atoms with E-state index < -0.39 is 15.0 Å². The van der Waals surface area contributed by atoms with Crippen molar-refractivity contribution in [2.45, 2.75) is 24.9 Å². The zero-order chi connectivity index (χ0) is 37.7. The van der Waals surface area contributed by atoms with Crippen LogP contribution in [0.3, 0.4) is 0 Å². The third kappa shape index (κ3) is 9.65. The van der Waals surface area contributed by atoms with Crippen LogP contribution in [-0.4, -0.2) is 28.7 Å². The molecule has 16 heteroatoms. The molecule has 0 saturated carbocycles. The van der Waals surface area contributed by atoms with E-state index >= 15 is 0 Å². The first-order valence-electron chi connectivity index (χ1n) is 15.8. The molecule has 0 saturated heterocycles. The number of amides is 1. The molecule has 54 heavy (non-hydrogen) atoms. The summed E-state index contributed by atoms with van der Waals surface area (Å²) in [7, 11) is -4.92. The molecule has 0 unspecified atom stereocenters. The predicted octanol–water partition coefficient (Wildman–Crippen LogP) is 6.86. The number of nitrogens with zero attached hydrogens (tertiary/aromatic N) is 6. The van der Waals surface area contributed by atoms with E-state index in [0.29, 0.717) is 24.3 Å². The second-order valence-corrected chi connectivity index (χ2v) is 14.3. The second-order valence-electron chi connectivity index (χ2n) is 11.7. The Kier molecular flexibility index (Phi) is 13.9. The van der Waals surface area contributed by atoms with Crippen LogP contribution in [0, 0.1) is 11.3 Å². The van der Waals surface area contributed by atoms with E-state index in [1.165, 1.54) is 6.92 Å². The largest absolute Gasteiger partial charge is 1.00 e. The van der Waals surface area contributed by atoms with Gasteiger partial charge in [-0.3, -0.25) is 4.79 Å². The summed E-state index contributed by atoms with van der Waals surface area (Å²) in [5.74, 6) is -0.497. The van der Waals surface area contributed by atoms with Gasteiger partial charge in [0.05, 0.1) is 25.7 Å². The van der Waals surface area contributed by atoms with E-state index in [2.05, 4.69) is 31.6 Å². The van der Waals surface area contributed by atoms with Crippen molar-refractivity contribution in [3.63, 3.8) is 0 Å². The minimum Gasteiger partial charge on any atom is -0.744 e. The van der Waals surface area contributed by atoms with Gasteiger partial charge < -0.3 is 14.8 Å². The van der Waals surface area contributed by atoms with Crippen molar-refractivity contribution in [2.24, 2.45) is 10.2 Å². The van der Waals surface area contributed by atoms with Gasteiger partial charge in [-0.1, -0.05) is 114 Å². The van der Waals surface area contributed by atoms with Crippen LogP contribution in [0.15, 0.2) is 130 Å². The fourth-order valence-corrected chi connectivity index (χ4v) is 7.06. The molecular weight excluding hydrogens is 796 g/mol. The number of aromatic nitrogens is 2. The second kappa shape index (κ2) is 18.1. The van der Waals surface area contributed by atoms with Gasteiger partial charge in [0, 0.05) is 31.3 Å². The fourth-order valence-electron chi connectivity index (χ4n) is 5.54. The normalized spacial score (nSPS) is 11.2. The van der Waals surface area contributed by atoms with E-state index in [4.69, 9.17) is 34.8 Å². The SMILES string of the molecule is CC(=O)Nc1cc(N(Cc2ccccc2)Cc2ccccc2)ccc1N=Nc1c(C#N)c(-c2ccccc2Cl)nn1-c1c(Cl)cc(S(=O)(=O)[O-])cc1Cl.[K+]. The summed E-state index contributed by atoms with van der Waals surface area (Å²) in [4.78, 5) is 13.9. The Hall–Kier alpha value is -3.91. The molecule has 0 atom stereocenters. The Morgan fingerprint density at radius 1 is 0.852 bits per heavy atom. The van der Waals surface area contributed by atoms with Gasteiger partial charge in [-0.2, -0.15) is 10.4 Å². The van der Waals surface area contributed by atoms with Gasteiger partial charge in [0.1, 0.15) is 38.8 Å². The van der Waals surface area contributed by atoms with Crippen LogP contribution in [0.1, 0.15) is 23.6 Å².